The first-order chi connectivity index (χ1) is 11.7. The van der Waals surface area contributed by atoms with E-state index >= 15 is 0 Å². The number of nitrogens with zero attached hydrogens (tertiary/aromatic N) is 2. The molecule has 130 valence electrons. The highest BCUT2D eigenvalue weighted by molar-refractivity contribution is 7.80. The summed E-state index contributed by atoms with van der Waals surface area (Å²) in [6.45, 7) is 0. The van der Waals surface area contributed by atoms with Gasteiger partial charge in [-0.05, 0) is 17.7 Å². The zero-order valence-corrected chi connectivity index (χ0v) is 13.6. The predicted octanol–water partition coefficient (Wildman–Crippen LogP) is 3.43. The molecule has 4 nitrogen and oxygen atoms in total. The number of para-hydroxylation sites is 1. The Kier molecular flexibility index (Phi) is 4.26. The number of phenols is 1. The summed E-state index contributed by atoms with van der Waals surface area (Å²) in [5.41, 5.74) is -2.79. The van der Waals surface area contributed by atoms with Crippen LogP contribution in [-0.2, 0) is 0 Å². The van der Waals surface area contributed by atoms with Gasteiger partial charge >= 0.3 is 6.18 Å². The van der Waals surface area contributed by atoms with Crippen molar-refractivity contribution in [2.75, 3.05) is 0 Å². The van der Waals surface area contributed by atoms with Crippen molar-refractivity contribution in [3.63, 3.8) is 0 Å². The number of hydrogen-bond acceptors (Lipinski definition) is 4. The number of hydrogen-bond donors (Lipinski definition) is 2. The van der Waals surface area contributed by atoms with Crippen molar-refractivity contribution in [1.29, 1.82) is 0 Å². The minimum atomic E-state index is -5.00. The molecule has 1 aliphatic rings. The molecule has 0 radical (unpaired) electrons. The van der Waals surface area contributed by atoms with Gasteiger partial charge in [-0.25, -0.2) is 5.01 Å². The van der Waals surface area contributed by atoms with E-state index < -0.39 is 23.3 Å². The fraction of sp³-hybridized carbons (Fsp3) is 0.176. The fourth-order valence-corrected chi connectivity index (χ4v) is 2.90. The Morgan fingerprint density at radius 2 is 1.68 bits per heavy atom. The SMILES string of the molecule is Oc1ccccc1C(=S)N1N=C(c2ccccc2)C[C@]1(O)C(F)(F)F. The first kappa shape index (κ1) is 17.4. The van der Waals surface area contributed by atoms with Crippen LogP contribution in [0.5, 0.6) is 5.75 Å². The van der Waals surface area contributed by atoms with Gasteiger partial charge in [0.05, 0.1) is 17.7 Å². The van der Waals surface area contributed by atoms with Crippen LogP contribution in [0.25, 0.3) is 0 Å². The highest BCUT2D eigenvalue weighted by Crippen LogP contribution is 2.42. The Hall–Kier alpha value is -2.45. The molecule has 1 heterocycles. The third-order valence-corrected chi connectivity index (χ3v) is 4.27. The molecule has 0 spiro atoms. The Bertz CT molecular complexity index is 839. The van der Waals surface area contributed by atoms with E-state index in [4.69, 9.17) is 12.2 Å². The molecule has 0 fully saturated rings. The highest BCUT2D eigenvalue weighted by atomic mass is 32.1. The third kappa shape index (κ3) is 2.98. The molecule has 0 saturated carbocycles. The zero-order valence-electron chi connectivity index (χ0n) is 12.7. The van der Waals surface area contributed by atoms with Crippen LogP contribution in [0.4, 0.5) is 13.2 Å². The number of phenolic OH excluding ortho intramolecular Hbond substituents is 1. The number of alkyl halides is 3. The quantitative estimate of drug-likeness (QED) is 0.800. The average Bonchev–Trinajstić information content (AvgIpc) is 2.94. The van der Waals surface area contributed by atoms with Crippen molar-refractivity contribution >= 4 is 22.9 Å². The number of halogens is 3. The first-order valence-electron chi connectivity index (χ1n) is 7.28. The van der Waals surface area contributed by atoms with Crippen LogP contribution in [0.3, 0.4) is 0 Å². The molecule has 0 unspecified atom stereocenters. The van der Waals surface area contributed by atoms with Gasteiger partial charge in [-0.15, -0.1) is 0 Å². The van der Waals surface area contributed by atoms with Gasteiger partial charge in [0.2, 0.25) is 0 Å². The lowest BCUT2D eigenvalue weighted by atomic mass is 10.0. The van der Waals surface area contributed by atoms with E-state index in [0.29, 0.717) is 10.6 Å². The van der Waals surface area contributed by atoms with E-state index in [0.717, 1.165) is 0 Å². The van der Waals surface area contributed by atoms with Crippen molar-refractivity contribution in [3.8, 4) is 5.75 Å². The highest BCUT2D eigenvalue weighted by Gasteiger charge is 2.62. The van der Waals surface area contributed by atoms with E-state index in [1.165, 1.54) is 24.3 Å². The number of thiocarbonyl (C=S) groups is 1. The number of hydrazone groups is 1. The maximum Gasteiger partial charge on any atom is 0.438 e. The zero-order chi connectivity index (χ0) is 18.2. The van der Waals surface area contributed by atoms with Crippen LogP contribution >= 0.6 is 12.2 Å². The maximum atomic E-state index is 13.6. The van der Waals surface area contributed by atoms with Gasteiger partial charge in [0.15, 0.2) is 0 Å². The molecule has 0 bridgehead atoms. The molecule has 3 rings (SSSR count). The second-order valence-electron chi connectivity index (χ2n) is 5.54. The normalized spacial score (nSPS) is 20.5. The van der Waals surface area contributed by atoms with Gasteiger partial charge in [0.1, 0.15) is 10.7 Å². The van der Waals surface area contributed by atoms with E-state index in [9.17, 15) is 23.4 Å². The van der Waals surface area contributed by atoms with Crippen LogP contribution in [0.1, 0.15) is 17.5 Å². The van der Waals surface area contributed by atoms with Crippen molar-refractivity contribution in [3.05, 3.63) is 65.7 Å². The molecular weight excluding hydrogens is 353 g/mol. The topological polar surface area (TPSA) is 56.1 Å². The van der Waals surface area contributed by atoms with Gasteiger partial charge < -0.3 is 10.2 Å². The summed E-state index contributed by atoms with van der Waals surface area (Å²) in [6.07, 6.45) is -5.77. The first-order valence-corrected chi connectivity index (χ1v) is 7.69. The van der Waals surface area contributed by atoms with E-state index in [-0.39, 0.29) is 17.0 Å². The molecule has 0 saturated heterocycles. The summed E-state index contributed by atoms with van der Waals surface area (Å²) in [5, 5.41) is 24.5. The molecule has 0 aromatic heterocycles. The molecule has 1 atom stereocenters. The van der Waals surface area contributed by atoms with Crippen molar-refractivity contribution < 1.29 is 23.4 Å². The number of aromatic hydroxyl groups is 1. The summed E-state index contributed by atoms with van der Waals surface area (Å²) in [7, 11) is 0. The van der Waals surface area contributed by atoms with Crippen molar-refractivity contribution in [1.82, 2.24) is 5.01 Å². The van der Waals surface area contributed by atoms with E-state index in [1.807, 2.05) is 0 Å². The lowest BCUT2D eigenvalue weighted by molar-refractivity contribution is -0.294. The minimum absolute atomic E-state index is 0.0155. The molecule has 2 aromatic rings. The second-order valence-corrected chi connectivity index (χ2v) is 5.92. The van der Waals surface area contributed by atoms with E-state index in [2.05, 4.69) is 5.10 Å². The van der Waals surface area contributed by atoms with Gasteiger partial charge in [0.25, 0.3) is 5.72 Å². The van der Waals surface area contributed by atoms with Gasteiger partial charge in [-0.3, -0.25) is 0 Å². The van der Waals surface area contributed by atoms with Crippen molar-refractivity contribution in [2.24, 2.45) is 5.10 Å². The van der Waals surface area contributed by atoms with Crippen LogP contribution < -0.4 is 0 Å². The maximum absolute atomic E-state index is 13.6. The molecule has 0 amide bonds. The van der Waals surface area contributed by atoms with Crippen LogP contribution in [0.2, 0.25) is 0 Å². The van der Waals surface area contributed by atoms with Crippen LogP contribution in [0, 0.1) is 0 Å². The molecule has 25 heavy (non-hydrogen) atoms. The molecule has 0 aliphatic carbocycles. The number of benzene rings is 2. The average molecular weight is 366 g/mol. The molecular formula is C17H13F3N2O2S. The van der Waals surface area contributed by atoms with Gasteiger partial charge in [-0.1, -0.05) is 54.7 Å². The Balaban J connectivity index is 2.08. The number of aliphatic hydroxyl groups is 1. The van der Waals surface area contributed by atoms with Crippen molar-refractivity contribution in [2.45, 2.75) is 18.3 Å². The van der Waals surface area contributed by atoms with Crippen LogP contribution in [0.15, 0.2) is 59.7 Å². The molecule has 2 aromatic carbocycles. The summed E-state index contributed by atoms with van der Waals surface area (Å²) < 4.78 is 40.7. The summed E-state index contributed by atoms with van der Waals surface area (Å²) in [6, 6.07) is 13.9. The fourth-order valence-electron chi connectivity index (χ4n) is 2.54. The van der Waals surface area contributed by atoms with Gasteiger partial charge in [-0.2, -0.15) is 18.3 Å². The Morgan fingerprint density at radius 3 is 2.28 bits per heavy atom. The third-order valence-electron chi connectivity index (χ3n) is 3.87. The monoisotopic (exact) mass is 366 g/mol. The van der Waals surface area contributed by atoms with E-state index in [1.54, 1.807) is 30.3 Å². The second kappa shape index (κ2) is 6.12. The van der Waals surface area contributed by atoms with Crippen LogP contribution in [-0.4, -0.2) is 37.8 Å². The lowest BCUT2D eigenvalue weighted by Gasteiger charge is -2.34. The lowest BCUT2D eigenvalue weighted by Crippen LogP contribution is -2.56. The summed E-state index contributed by atoms with van der Waals surface area (Å²) in [5.74, 6) is -0.291. The number of rotatable bonds is 2. The minimum Gasteiger partial charge on any atom is -0.507 e. The standard InChI is InChI=1S/C17H13F3N2O2S/c18-17(19,20)16(24)10-13(11-6-2-1-3-7-11)21-22(16)15(25)12-8-4-5-9-14(12)23/h1-9,23-24H,10H2/t16-/m0/s1. The molecule has 8 heteroatoms. The Morgan fingerprint density at radius 1 is 1.08 bits per heavy atom. The van der Waals surface area contributed by atoms with Gasteiger partial charge in [0, 0.05) is 0 Å². The smallest absolute Gasteiger partial charge is 0.438 e. The Labute approximate surface area is 146 Å². The summed E-state index contributed by atoms with van der Waals surface area (Å²) >= 11 is 5.09. The molecule has 1 aliphatic heterocycles. The predicted molar refractivity (Wildman–Crippen MR) is 90.2 cm³/mol. The summed E-state index contributed by atoms with van der Waals surface area (Å²) in [4.78, 5) is -0.413. The largest absolute Gasteiger partial charge is 0.507 e. The molecule has 2 N–H and O–H groups in total.